The lowest BCUT2D eigenvalue weighted by molar-refractivity contribution is 0.0699. The summed E-state index contributed by atoms with van der Waals surface area (Å²) in [6.45, 7) is 0. The van der Waals surface area contributed by atoms with Gasteiger partial charge in [-0.1, -0.05) is 72.8 Å². The van der Waals surface area contributed by atoms with E-state index in [4.69, 9.17) is 0 Å². The van der Waals surface area contributed by atoms with Gasteiger partial charge in [-0.25, -0.2) is 11.0 Å². The molecule has 0 atom stereocenters. The van der Waals surface area contributed by atoms with E-state index in [1.807, 2.05) is 121 Å². The number of hydrogen-bond donors (Lipinski definition) is 4. The lowest BCUT2D eigenvalue weighted by atomic mass is 10.0. The van der Waals surface area contributed by atoms with Crippen LogP contribution in [0, 0.1) is 0 Å². The van der Waals surface area contributed by atoms with Gasteiger partial charge >= 0.3 is 0 Å². The first kappa shape index (κ1) is 26.2. The van der Waals surface area contributed by atoms with Crippen LogP contribution in [0.4, 0.5) is 34.1 Å². The van der Waals surface area contributed by atoms with E-state index in [0.29, 0.717) is 34.1 Å². The normalized spacial score (nSPS) is 10.4. The highest BCUT2D eigenvalue weighted by Gasteiger charge is 2.28. The smallest absolute Gasteiger partial charge is 0.276 e. The van der Waals surface area contributed by atoms with Crippen molar-refractivity contribution in [2.75, 3.05) is 9.80 Å². The average molecular weight is 531 g/mol. The molecule has 0 unspecified atom stereocenters. The summed E-state index contributed by atoms with van der Waals surface area (Å²) in [6, 6.07) is 40.4. The van der Waals surface area contributed by atoms with E-state index in [0.717, 1.165) is 0 Å². The molecule has 0 aliphatic heterocycles. The standard InChI is InChI=1S/C32H26N4O4/c37-31(33-39)27-22-30(36(25-17-9-3-10-18-25)26-19-11-4-12-20-26)28(32(38)34-40)21-29(27)35(23-13-5-1-6-14-23)24-15-7-2-8-16-24/h1-22,39-40H,(H,33,37)(H,34,38). The molecule has 0 aliphatic rings. The highest BCUT2D eigenvalue weighted by Crippen LogP contribution is 2.43. The maximum atomic E-state index is 13.2. The fraction of sp³-hybridized carbons (Fsp3) is 0. The molecule has 0 radical (unpaired) electrons. The number of rotatable bonds is 8. The molecular formula is C32H26N4O4. The van der Waals surface area contributed by atoms with E-state index in [-0.39, 0.29) is 11.1 Å². The fourth-order valence-corrected chi connectivity index (χ4v) is 4.59. The predicted octanol–water partition coefficient (Wildman–Crippen LogP) is 6.86. The van der Waals surface area contributed by atoms with Gasteiger partial charge in [0.05, 0.1) is 22.5 Å². The van der Waals surface area contributed by atoms with Gasteiger partial charge in [0.25, 0.3) is 11.8 Å². The van der Waals surface area contributed by atoms with Crippen LogP contribution in [-0.4, -0.2) is 22.2 Å². The Labute approximate surface area is 231 Å². The maximum Gasteiger partial charge on any atom is 0.276 e. The quantitative estimate of drug-likeness (QED) is 0.129. The number of benzene rings is 5. The summed E-state index contributed by atoms with van der Waals surface area (Å²) in [6.07, 6.45) is 0. The minimum Gasteiger partial charge on any atom is -0.310 e. The summed E-state index contributed by atoms with van der Waals surface area (Å²) in [5.74, 6) is -1.55. The molecule has 8 heteroatoms. The molecule has 0 aromatic heterocycles. The molecule has 5 aromatic carbocycles. The van der Waals surface area contributed by atoms with Crippen LogP contribution < -0.4 is 20.8 Å². The van der Waals surface area contributed by atoms with Gasteiger partial charge in [0.15, 0.2) is 0 Å². The third-order valence-corrected chi connectivity index (χ3v) is 6.35. The van der Waals surface area contributed by atoms with E-state index in [1.165, 1.54) is 12.1 Å². The van der Waals surface area contributed by atoms with E-state index >= 15 is 0 Å². The summed E-state index contributed by atoms with van der Waals surface area (Å²) in [5.41, 5.74) is 7.18. The molecule has 198 valence electrons. The van der Waals surface area contributed by atoms with E-state index < -0.39 is 11.8 Å². The second kappa shape index (κ2) is 12.0. The Hall–Kier alpha value is -5.44. The van der Waals surface area contributed by atoms with Crippen molar-refractivity contribution >= 4 is 45.9 Å². The topological polar surface area (TPSA) is 105 Å². The first-order chi connectivity index (χ1) is 19.6. The van der Waals surface area contributed by atoms with Gasteiger partial charge in [-0.15, -0.1) is 0 Å². The van der Waals surface area contributed by atoms with Crippen molar-refractivity contribution in [1.82, 2.24) is 11.0 Å². The van der Waals surface area contributed by atoms with Gasteiger partial charge in [-0.2, -0.15) is 0 Å². The molecule has 4 N–H and O–H groups in total. The number of hydrogen-bond acceptors (Lipinski definition) is 6. The largest absolute Gasteiger partial charge is 0.310 e. The van der Waals surface area contributed by atoms with Crippen molar-refractivity contribution in [2.45, 2.75) is 0 Å². The Kier molecular flexibility index (Phi) is 7.82. The molecule has 0 bridgehead atoms. The first-order valence-electron chi connectivity index (χ1n) is 12.5. The van der Waals surface area contributed by atoms with E-state index in [1.54, 1.807) is 20.8 Å². The molecule has 40 heavy (non-hydrogen) atoms. The molecule has 8 nitrogen and oxygen atoms in total. The van der Waals surface area contributed by atoms with Crippen LogP contribution in [0.2, 0.25) is 0 Å². The lowest BCUT2D eigenvalue weighted by Gasteiger charge is -2.31. The Morgan fingerprint density at radius 2 is 0.700 bits per heavy atom. The molecule has 0 saturated heterocycles. The highest BCUT2D eigenvalue weighted by molar-refractivity contribution is 6.09. The van der Waals surface area contributed by atoms with Gasteiger partial charge < -0.3 is 9.80 Å². The molecule has 0 fully saturated rings. The minimum atomic E-state index is -0.773. The Morgan fingerprint density at radius 1 is 0.450 bits per heavy atom. The summed E-state index contributed by atoms with van der Waals surface area (Å²) in [7, 11) is 0. The van der Waals surface area contributed by atoms with Gasteiger partial charge in [-0.3, -0.25) is 20.0 Å². The van der Waals surface area contributed by atoms with Crippen LogP contribution in [0.25, 0.3) is 0 Å². The summed E-state index contributed by atoms with van der Waals surface area (Å²) in [4.78, 5) is 30.1. The number of nitrogens with zero attached hydrogens (tertiary/aromatic N) is 2. The molecule has 5 rings (SSSR count). The summed E-state index contributed by atoms with van der Waals surface area (Å²) < 4.78 is 0. The van der Waals surface area contributed by atoms with Crippen LogP contribution in [-0.2, 0) is 0 Å². The predicted molar refractivity (Wildman–Crippen MR) is 154 cm³/mol. The number of amides is 2. The number of para-hydroxylation sites is 4. The van der Waals surface area contributed by atoms with Crippen LogP contribution in [0.3, 0.4) is 0 Å². The van der Waals surface area contributed by atoms with Crippen LogP contribution in [0.15, 0.2) is 133 Å². The zero-order valence-electron chi connectivity index (χ0n) is 21.3. The van der Waals surface area contributed by atoms with Crippen molar-refractivity contribution in [2.24, 2.45) is 0 Å². The summed E-state index contributed by atoms with van der Waals surface area (Å²) >= 11 is 0. The fourth-order valence-electron chi connectivity index (χ4n) is 4.59. The number of anilines is 6. The van der Waals surface area contributed by atoms with Crippen molar-refractivity contribution in [1.29, 1.82) is 0 Å². The SMILES string of the molecule is O=C(NO)c1cc(N(c2ccccc2)c2ccccc2)c(C(=O)NO)cc1N(c1ccccc1)c1ccccc1. The van der Waals surface area contributed by atoms with E-state index in [9.17, 15) is 20.0 Å². The number of nitrogens with one attached hydrogen (secondary N) is 2. The third-order valence-electron chi connectivity index (χ3n) is 6.35. The summed E-state index contributed by atoms with van der Waals surface area (Å²) in [5, 5.41) is 19.5. The van der Waals surface area contributed by atoms with Gasteiger partial charge in [0.1, 0.15) is 0 Å². The van der Waals surface area contributed by atoms with Crippen molar-refractivity contribution in [3.63, 3.8) is 0 Å². The minimum absolute atomic E-state index is 0.0940. The van der Waals surface area contributed by atoms with Gasteiger partial charge in [0, 0.05) is 22.7 Å². The monoisotopic (exact) mass is 530 g/mol. The van der Waals surface area contributed by atoms with Crippen molar-refractivity contribution in [3.05, 3.63) is 145 Å². The molecule has 0 heterocycles. The zero-order valence-corrected chi connectivity index (χ0v) is 21.3. The van der Waals surface area contributed by atoms with Crippen LogP contribution in [0.1, 0.15) is 20.7 Å². The molecule has 0 spiro atoms. The van der Waals surface area contributed by atoms with E-state index in [2.05, 4.69) is 0 Å². The average Bonchev–Trinajstić information content (AvgIpc) is 3.03. The Morgan fingerprint density at radius 3 is 0.925 bits per heavy atom. The highest BCUT2D eigenvalue weighted by atomic mass is 16.5. The van der Waals surface area contributed by atoms with Gasteiger partial charge in [-0.05, 0) is 60.7 Å². The van der Waals surface area contributed by atoms with Crippen molar-refractivity contribution in [3.8, 4) is 0 Å². The first-order valence-corrected chi connectivity index (χ1v) is 12.5. The Bertz CT molecular complexity index is 1400. The van der Waals surface area contributed by atoms with Crippen LogP contribution >= 0.6 is 0 Å². The maximum absolute atomic E-state index is 13.2. The van der Waals surface area contributed by atoms with Crippen molar-refractivity contribution < 1.29 is 20.0 Å². The number of hydroxylamine groups is 2. The molecule has 0 aliphatic carbocycles. The number of carbonyl (C=O) groups excluding carboxylic acids is 2. The molecule has 5 aromatic rings. The molecular weight excluding hydrogens is 504 g/mol. The second-order valence-corrected chi connectivity index (χ2v) is 8.78. The van der Waals surface area contributed by atoms with Crippen LogP contribution in [0.5, 0.6) is 0 Å². The van der Waals surface area contributed by atoms with Gasteiger partial charge in [0.2, 0.25) is 0 Å². The lowest BCUT2D eigenvalue weighted by Crippen LogP contribution is -2.27. The molecule has 2 amide bonds. The molecule has 0 saturated carbocycles. The second-order valence-electron chi connectivity index (χ2n) is 8.78. The number of carbonyl (C=O) groups is 2. The third kappa shape index (κ3) is 5.25. The Balaban J connectivity index is 1.84. The zero-order chi connectivity index (χ0) is 27.9.